The molecule has 1 aromatic carbocycles. The second-order valence-electron chi connectivity index (χ2n) is 3.95. The fourth-order valence-corrected chi connectivity index (χ4v) is 2.45. The highest BCUT2D eigenvalue weighted by Crippen LogP contribution is 2.22. The Balaban J connectivity index is 2.24. The molecule has 1 amide bonds. The van der Waals surface area contributed by atoms with Crippen molar-refractivity contribution in [1.82, 2.24) is 4.98 Å². The number of benzene rings is 1. The number of hydrogen-bond acceptors (Lipinski definition) is 2. The zero-order chi connectivity index (χ0) is 13.8. The number of aromatic nitrogens is 1. The maximum Gasteiger partial charge on any atom is 0.274 e. The van der Waals surface area contributed by atoms with Crippen LogP contribution in [0.2, 0.25) is 0 Å². The van der Waals surface area contributed by atoms with Crippen molar-refractivity contribution in [3.8, 4) is 0 Å². The molecule has 0 saturated heterocycles. The summed E-state index contributed by atoms with van der Waals surface area (Å²) in [6, 6.07) is 11.1. The predicted molar refractivity (Wildman–Crippen MR) is 83.4 cm³/mol. The molecule has 1 heterocycles. The van der Waals surface area contributed by atoms with Crippen molar-refractivity contribution in [2.24, 2.45) is 0 Å². The number of amides is 1. The van der Waals surface area contributed by atoms with Crippen LogP contribution in [0, 0.1) is 0 Å². The Labute approximate surface area is 128 Å². The van der Waals surface area contributed by atoms with Crippen LogP contribution >= 0.6 is 31.9 Å². The second-order valence-corrected chi connectivity index (χ2v) is 5.68. The molecule has 5 heteroatoms. The fourth-order valence-electron chi connectivity index (χ4n) is 1.70. The quantitative estimate of drug-likeness (QED) is 0.797. The number of rotatable bonds is 3. The number of nitrogens with zero attached hydrogens (tertiary/aromatic N) is 1. The summed E-state index contributed by atoms with van der Waals surface area (Å²) in [5.74, 6) is -0.210. The first-order chi connectivity index (χ1) is 9.10. The first kappa shape index (κ1) is 14.2. The summed E-state index contributed by atoms with van der Waals surface area (Å²) in [5, 5.41) is 2.89. The maximum absolute atomic E-state index is 12.1. The number of halogens is 2. The third-order valence-corrected chi connectivity index (χ3v) is 3.58. The molecule has 0 radical (unpaired) electrons. The maximum atomic E-state index is 12.1. The lowest BCUT2D eigenvalue weighted by Gasteiger charge is -2.10. The van der Waals surface area contributed by atoms with E-state index >= 15 is 0 Å². The van der Waals surface area contributed by atoms with Crippen molar-refractivity contribution in [1.29, 1.82) is 0 Å². The van der Waals surface area contributed by atoms with Crippen LogP contribution in [0.15, 0.2) is 45.5 Å². The van der Waals surface area contributed by atoms with Gasteiger partial charge in [0.05, 0.1) is 0 Å². The van der Waals surface area contributed by atoms with Gasteiger partial charge in [-0.1, -0.05) is 28.9 Å². The molecule has 0 atom stereocenters. The average Bonchev–Trinajstić information content (AvgIpc) is 2.40. The molecule has 0 aliphatic carbocycles. The summed E-state index contributed by atoms with van der Waals surface area (Å²) in [4.78, 5) is 16.3. The van der Waals surface area contributed by atoms with E-state index in [-0.39, 0.29) is 5.91 Å². The van der Waals surface area contributed by atoms with E-state index in [0.29, 0.717) is 10.3 Å². The monoisotopic (exact) mass is 382 g/mol. The topological polar surface area (TPSA) is 42.0 Å². The zero-order valence-corrected chi connectivity index (χ0v) is 13.5. The minimum Gasteiger partial charge on any atom is -0.320 e. The summed E-state index contributed by atoms with van der Waals surface area (Å²) in [6.45, 7) is 2.05. The second kappa shape index (κ2) is 6.30. The largest absolute Gasteiger partial charge is 0.320 e. The Bertz CT molecular complexity index is 614. The molecule has 98 valence electrons. The smallest absolute Gasteiger partial charge is 0.274 e. The number of aryl methyl sites for hydroxylation is 1. The first-order valence-electron chi connectivity index (χ1n) is 5.82. The van der Waals surface area contributed by atoms with Gasteiger partial charge in [0, 0.05) is 10.2 Å². The number of anilines is 1. The predicted octanol–water partition coefficient (Wildman–Crippen LogP) is 4.42. The van der Waals surface area contributed by atoms with Crippen LogP contribution in [0.1, 0.15) is 23.0 Å². The SMILES string of the molecule is CCc1cc(Br)ccc1NC(=O)c1cccc(Br)n1. The molecule has 2 rings (SSSR count). The molecule has 2 aromatic rings. The van der Waals surface area contributed by atoms with Gasteiger partial charge in [0.2, 0.25) is 0 Å². The Hall–Kier alpha value is -1.20. The van der Waals surface area contributed by atoms with E-state index in [1.165, 1.54) is 0 Å². The van der Waals surface area contributed by atoms with Crippen LogP contribution in [0.3, 0.4) is 0 Å². The summed E-state index contributed by atoms with van der Waals surface area (Å²) in [6.07, 6.45) is 0.848. The van der Waals surface area contributed by atoms with Crippen LogP contribution in [-0.2, 0) is 6.42 Å². The highest BCUT2D eigenvalue weighted by molar-refractivity contribution is 9.10. The molecule has 0 aliphatic heterocycles. The molecule has 19 heavy (non-hydrogen) atoms. The van der Waals surface area contributed by atoms with E-state index in [2.05, 4.69) is 49.1 Å². The van der Waals surface area contributed by atoms with Gasteiger partial charge in [-0.05, 0) is 58.2 Å². The van der Waals surface area contributed by atoms with Crippen molar-refractivity contribution in [2.45, 2.75) is 13.3 Å². The number of hydrogen-bond donors (Lipinski definition) is 1. The lowest BCUT2D eigenvalue weighted by molar-refractivity contribution is 0.102. The van der Waals surface area contributed by atoms with Crippen LogP contribution in [0.25, 0.3) is 0 Å². The molecule has 0 saturated carbocycles. The van der Waals surface area contributed by atoms with Gasteiger partial charge >= 0.3 is 0 Å². The summed E-state index contributed by atoms with van der Waals surface area (Å²) >= 11 is 6.68. The van der Waals surface area contributed by atoms with Crippen molar-refractivity contribution in [3.63, 3.8) is 0 Å². The normalized spacial score (nSPS) is 10.3. The standard InChI is InChI=1S/C14H12Br2N2O/c1-2-9-8-10(15)6-7-11(9)18-14(19)12-4-3-5-13(16)17-12/h3-8H,2H2,1H3,(H,18,19). The third-order valence-electron chi connectivity index (χ3n) is 2.64. The lowest BCUT2D eigenvalue weighted by atomic mass is 10.1. The summed E-state index contributed by atoms with van der Waals surface area (Å²) < 4.78 is 1.65. The minimum atomic E-state index is -0.210. The van der Waals surface area contributed by atoms with Crippen LogP contribution in [-0.4, -0.2) is 10.9 Å². The Morgan fingerprint density at radius 1 is 1.26 bits per heavy atom. The molecule has 3 nitrogen and oxygen atoms in total. The van der Waals surface area contributed by atoms with Gasteiger partial charge in [-0.15, -0.1) is 0 Å². The van der Waals surface area contributed by atoms with Gasteiger partial charge in [0.15, 0.2) is 0 Å². The summed E-state index contributed by atoms with van der Waals surface area (Å²) in [7, 11) is 0. The minimum absolute atomic E-state index is 0.210. The van der Waals surface area contributed by atoms with Crippen molar-refractivity contribution < 1.29 is 4.79 Å². The molecule has 0 bridgehead atoms. The van der Waals surface area contributed by atoms with Crippen LogP contribution in [0.5, 0.6) is 0 Å². The molecular weight excluding hydrogens is 372 g/mol. The molecule has 0 unspecified atom stereocenters. The van der Waals surface area contributed by atoms with Gasteiger partial charge in [0.25, 0.3) is 5.91 Å². The lowest BCUT2D eigenvalue weighted by Crippen LogP contribution is -2.14. The molecule has 0 fully saturated rings. The molecular formula is C14H12Br2N2O. The van der Waals surface area contributed by atoms with E-state index < -0.39 is 0 Å². The highest BCUT2D eigenvalue weighted by atomic mass is 79.9. The van der Waals surface area contributed by atoms with E-state index in [4.69, 9.17) is 0 Å². The Kier molecular flexibility index (Phi) is 4.71. The van der Waals surface area contributed by atoms with Crippen molar-refractivity contribution in [2.75, 3.05) is 5.32 Å². The fraction of sp³-hybridized carbons (Fsp3) is 0.143. The summed E-state index contributed by atoms with van der Waals surface area (Å²) in [5.41, 5.74) is 2.29. The number of nitrogens with one attached hydrogen (secondary N) is 1. The molecule has 1 aromatic heterocycles. The Morgan fingerprint density at radius 2 is 2.05 bits per heavy atom. The Morgan fingerprint density at radius 3 is 2.74 bits per heavy atom. The zero-order valence-electron chi connectivity index (χ0n) is 10.3. The van der Waals surface area contributed by atoms with Crippen molar-refractivity contribution in [3.05, 3.63) is 56.7 Å². The molecule has 0 spiro atoms. The van der Waals surface area contributed by atoms with E-state index in [0.717, 1.165) is 22.1 Å². The molecule has 0 aliphatic rings. The van der Waals surface area contributed by atoms with E-state index in [9.17, 15) is 4.79 Å². The molecule has 1 N–H and O–H groups in total. The van der Waals surface area contributed by atoms with E-state index in [1.54, 1.807) is 18.2 Å². The van der Waals surface area contributed by atoms with Crippen LogP contribution in [0.4, 0.5) is 5.69 Å². The number of carbonyl (C=O) groups excluding carboxylic acids is 1. The van der Waals surface area contributed by atoms with E-state index in [1.807, 2.05) is 18.2 Å². The highest BCUT2D eigenvalue weighted by Gasteiger charge is 2.10. The average molecular weight is 384 g/mol. The van der Waals surface area contributed by atoms with Gasteiger partial charge in [-0.3, -0.25) is 4.79 Å². The van der Waals surface area contributed by atoms with Gasteiger partial charge < -0.3 is 5.32 Å². The van der Waals surface area contributed by atoms with Crippen LogP contribution < -0.4 is 5.32 Å². The van der Waals surface area contributed by atoms with Gasteiger partial charge in [-0.25, -0.2) is 4.98 Å². The number of carbonyl (C=O) groups is 1. The first-order valence-corrected chi connectivity index (χ1v) is 7.41. The van der Waals surface area contributed by atoms with Crippen molar-refractivity contribution >= 4 is 43.5 Å². The third kappa shape index (κ3) is 3.64. The number of pyridine rings is 1. The van der Waals surface area contributed by atoms with Gasteiger partial charge in [-0.2, -0.15) is 0 Å². The van der Waals surface area contributed by atoms with Gasteiger partial charge in [0.1, 0.15) is 10.3 Å².